The van der Waals surface area contributed by atoms with E-state index in [1.165, 1.54) is 6.07 Å². The fourth-order valence-electron chi connectivity index (χ4n) is 6.93. The van der Waals surface area contributed by atoms with Gasteiger partial charge in [0.05, 0.1) is 17.6 Å². The third-order valence-electron chi connectivity index (χ3n) is 8.45. The lowest BCUT2D eigenvalue weighted by atomic mass is 9.62. The Morgan fingerprint density at radius 3 is 2.56 bits per heavy atom. The summed E-state index contributed by atoms with van der Waals surface area (Å²) in [5.74, 6) is -2.82. The lowest BCUT2D eigenvalue weighted by Gasteiger charge is -2.44. The van der Waals surface area contributed by atoms with Gasteiger partial charge in [0.2, 0.25) is 11.8 Å². The number of nitrogens with one attached hydrogen (secondary N) is 3. The average Bonchev–Trinajstić information content (AvgIpc) is 3.33. The summed E-state index contributed by atoms with van der Waals surface area (Å²) in [4.78, 5) is 39.9. The molecule has 5 rings (SSSR count). The van der Waals surface area contributed by atoms with Crippen LogP contribution in [0.25, 0.3) is 0 Å². The van der Waals surface area contributed by atoms with Gasteiger partial charge >= 0.3 is 5.97 Å². The van der Waals surface area contributed by atoms with Gasteiger partial charge in [-0.05, 0) is 48.1 Å². The van der Waals surface area contributed by atoms with Gasteiger partial charge in [-0.1, -0.05) is 62.2 Å². The first-order chi connectivity index (χ1) is 19.2. The predicted octanol–water partition coefficient (Wildman–Crippen LogP) is 4.42. The van der Waals surface area contributed by atoms with Crippen LogP contribution in [0, 0.1) is 11.2 Å². The van der Waals surface area contributed by atoms with Crippen molar-refractivity contribution in [3.8, 4) is 0 Å². The van der Waals surface area contributed by atoms with Crippen LogP contribution in [0.2, 0.25) is 10.0 Å². The zero-order valence-electron chi connectivity index (χ0n) is 23.4. The highest BCUT2D eigenvalue weighted by Gasteiger charge is 2.66. The highest BCUT2D eigenvalue weighted by molar-refractivity contribution is 6.31. The standard InChI is InChI=1S/C30H35Cl2FN4O4/c1-28(2,3)13-21-30(18-9-8-15(31)10-20(18)36-27(30)40)23(17-6-5-7-19(32)24(17)33)25(37-21)26(39)35-16-11-29(4,12-16)41-22(38)14-34/h5-10,16,21,23,25,37H,11-14,34H2,1-4H3,(H,35,39)(H,36,40)/t16?,21-,23+,25-,29?,30+/m1/s1. The number of carbonyl (C=O) groups is 3. The zero-order chi connectivity index (χ0) is 29.9. The van der Waals surface area contributed by atoms with Crippen LogP contribution in [0.15, 0.2) is 36.4 Å². The number of nitrogens with two attached hydrogens (primary N) is 1. The minimum absolute atomic E-state index is 0.0951. The molecule has 5 N–H and O–H groups in total. The van der Waals surface area contributed by atoms with Gasteiger partial charge in [0.25, 0.3) is 0 Å². The van der Waals surface area contributed by atoms with Crippen LogP contribution < -0.4 is 21.7 Å². The van der Waals surface area contributed by atoms with E-state index in [2.05, 4.69) is 36.7 Å². The van der Waals surface area contributed by atoms with E-state index in [9.17, 15) is 14.4 Å². The van der Waals surface area contributed by atoms with Crippen molar-refractivity contribution >= 4 is 46.7 Å². The Labute approximate surface area is 248 Å². The van der Waals surface area contributed by atoms with E-state index in [0.29, 0.717) is 35.5 Å². The molecule has 1 spiro atoms. The van der Waals surface area contributed by atoms with Gasteiger partial charge in [-0.3, -0.25) is 14.4 Å². The number of benzene rings is 2. The lowest BCUT2D eigenvalue weighted by Crippen LogP contribution is -2.58. The van der Waals surface area contributed by atoms with Gasteiger partial charge in [0.15, 0.2) is 0 Å². The monoisotopic (exact) mass is 604 g/mol. The molecule has 0 radical (unpaired) electrons. The summed E-state index contributed by atoms with van der Waals surface area (Å²) < 4.78 is 21.3. The zero-order valence-corrected chi connectivity index (χ0v) is 25.0. The summed E-state index contributed by atoms with van der Waals surface area (Å²) in [6.07, 6.45) is 1.33. The van der Waals surface area contributed by atoms with Gasteiger partial charge in [-0.25, -0.2) is 4.39 Å². The molecule has 1 saturated heterocycles. The number of hydrogen-bond donors (Lipinski definition) is 4. The minimum Gasteiger partial charge on any atom is -0.458 e. The molecule has 2 fully saturated rings. The highest BCUT2D eigenvalue weighted by atomic mass is 35.5. The summed E-state index contributed by atoms with van der Waals surface area (Å²) in [6, 6.07) is 8.04. The Morgan fingerprint density at radius 1 is 1.20 bits per heavy atom. The molecule has 2 amide bonds. The summed E-state index contributed by atoms with van der Waals surface area (Å²) in [5, 5.41) is 9.82. The Morgan fingerprint density at radius 2 is 1.90 bits per heavy atom. The number of ether oxygens (including phenoxy) is 1. The van der Waals surface area contributed by atoms with Crippen molar-refractivity contribution < 1.29 is 23.5 Å². The fourth-order valence-corrected chi connectivity index (χ4v) is 7.28. The maximum atomic E-state index is 15.9. The molecule has 2 aromatic carbocycles. The fraction of sp³-hybridized carbons (Fsp3) is 0.500. The van der Waals surface area contributed by atoms with E-state index < -0.39 is 40.8 Å². The topological polar surface area (TPSA) is 123 Å². The molecule has 3 aliphatic rings. The summed E-state index contributed by atoms with van der Waals surface area (Å²) in [5.41, 5.74) is 4.45. The van der Waals surface area contributed by atoms with Crippen molar-refractivity contribution in [3.63, 3.8) is 0 Å². The molecule has 41 heavy (non-hydrogen) atoms. The van der Waals surface area contributed by atoms with Crippen LogP contribution >= 0.6 is 23.2 Å². The molecule has 1 saturated carbocycles. The van der Waals surface area contributed by atoms with Gasteiger partial charge in [-0.15, -0.1) is 0 Å². The SMILES string of the molecule is CC(C)(C)C[C@H]1N[C@@H](C(=O)NC2CC(C)(OC(=O)CN)C2)[C@H](c2cccc(Cl)c2F)[C@@]12C(=O)Nc1cc(Cl)ccc12. The second kappa shape index (κ2) is 10.5. The molecule has 0 unspecified atom stereocenters. The van der Waals surface area contributed by atoms with Crippen LogP contribution in [0.5, 0.6) is 0 Å². The molecule has 1 aliphatic carbocycles. The van der Waals surface area contributed by atoms with Crippen LogP contribution in [0.1, 0.15) is 64.0 Å². The van der Waals surface area contributed by atoms with Crippen molar-refractivity contribution in [3.05, 3.63) is 63.4 Å². The molecule has 0 aromatic heterocycles. The quantitative estimate of drug-likeness (QED) is 0.362. The van der Waals surface area contributed by atoms with E-state index in [-0.39, 0.29) is 40.4 Å². The van der Waals surface area contributed by atoms with E-state index in [4.69, 9.17) is 33.7 Å². The van der Waals surface area contributed by atoms with Crippen molar-refractivity contribution in [1.29, 1.82) is 0 Å². The molecular formula is C30H35Cl2FN4O4. The lowest BCUT2D eigenvalue weighted by molar-refractivity contribution is -0.167. The van der Waals surface area contributed by atoms with Crippen LogP contribution in [-0.2, 0) is 24.5 Å². The molecule has 0 bridgehead atoms. The first kappa shape index (κ1) is 29.8. The Kier molecular flexibility index (Phi) is 7.64. The van der Waals surface area contributed by atoms with E-state index in [0.717, 1.165) is 0 Å². The summed E-state index contributed by atoms with van der Waals surface area (Å²) in [6.45, 7) is 7.73. The number of esters is 1. The maximum Gasteiger partial charge on any atom is 0.320 e. The second-order valence-corrected chi connectivity index (χ2v) is 13.7. The molecule has 11 heteroatoms. The second-order valence-electron chi connectivity index (χ2n) is 12.8. The Bertz CT molecular complexity index is 1410. The molecule has 2 aliphatic heterocycles. The molecule has 2 aromatic rings. The van der Waals surface area contributed by atoms with E-state index >= 15 is 4.39 Å². The number of carbonyl (C=O) groups excluding carboxylic acids is 3. The largest absolute Gasteiger partial charge is 0.458 e. The molecule has 2 heterocycles. The number of anilines is 1. The van der Waals surface area contributed by atoms with Crippen LogP contribution in [-0.4, -0.2) is 48.1 Å². The van der Waals surface area contributed by atoms with Crippen LogP contribution in [0.4, 0.5) is 10.1 Å². The summed E-state index contributed by atoms with van der Waals surface area (Å²) >= 11 is 12.5. The van der Waals surface area contributed by atoms with E-state index in [1.54, 1.807) is 37.3 Å². The van der Waals surface area contributed by atoms with Gasteiger partial charge in [0.1, 0.15) is 16.8 Å². The van der Waals surface area contributed by atoms with Crippen molar-refractivity contribution in [2.24, 2.45) is 11.1 Å². The average molecular weight is 606 g/mol. The smallest absolute Gasteiger partial charge is 0.320 e. The number of fused-ring (bicyclic) bond motifs is 2. The van der Waals surface area contributed by atoms with Gasteiger partial charge < -0.3 is 26.4 Å². The normalized spacial score (nSPS) is 30.5. The third kappa shape index (κ3) is 5.22. The highest BCUT2D eigenvalue weighted by Crippen LogP contribution is 2.57. The van der Waals surface area contributed by atoms with E-state index in [1.807, 2.05) is 0 Å². The van der Waals surface area contributed by atoms with Crippen molar-refractivity contribution in [1.82, 2.24) is 10.6 Å². The number of halogens is 3. The molecule has 8 nitrogen and oxygen atoms in total. The number of hydrogen-bond acceptors (Lipinski definition) is 6. The first-order valence-corrected chi connectivity index (χ1v) is 14.5. The maximum absolute atomic E-state index is 15.9. The van der Waals surface area contributed by atoms with Crippen molar-refractivity contribution in [2.75, 3.05) is 11.9 Å². The molecular weight excluding hydrogens is 570 g/mol. The van der Waals surface area contributed by atoms with Gasteiger partial charge in [-0.2, -0.15) is 0 Å². The van der Waals surface area contributed by atoms with Crippen LogP contribution in [0.3, 0.4) is 0 Å². The Hall–Kier alpha value is -2.72. The Balaban J connectivity index is 1.58. The minimum atomic E-state index is -1.33. The third-order valence-corrected chi connectivity index (χ3v) is 8.98. The number of amides is 2. The summed E-state index contributed by atoms with van der Waals surface area (Å²) in [7, 11) is 0. The molecule has 220 valence electrons. The van der Waals surface area contributed by atoms with Crippen molar-refractivity contribution in [2.45, 2.75) is 82.0 Å². The number of rotatable bonds is 6. The van der Waals surface area contributed by atoms with Gasteiger partial charge in [0, 0.05) is 41.6 Å². The molecule has 4 atom stereocenters. The first-order valence-electron chi connectivity index (χ1n) is 13.7. The predicted molar refractivity (Wildman–Crippen MR) is 155 cm³/mol.